The summed E-state index contributed by atoms with van der Waals surface area (Å²) < 4.78 is 24.7. The van der Waals surface area contributed by atoms with Crippen molar-refractivity contribution in [3.8, 4) is 11.5 Å². The summed E-state index contributed by atoms with van der Waals surface area (Å²) in [7, 11) is 1.64. The van der Waals surface area contributed by atoms with Crippen LogP contribution in [0.15, 0.2) is 72.8 Å². The summed E-state index contributed by atoms with van der Waals surface area (Å²) in [6.45, 7) is 3.24. The number of rotatable bonds is 10. The average Bonchev–Trinajstić information content (AvgIpc) is 2.76. The number of benzene rings is 3. The van der Waals surface area contributed by atoms with Gasteiger partial charge in [0, 0.05) is 18.2 Å². The van der Waals surface area contributed by atoms with E-state index in [0.29, 0.717) is 24.9 Å². The van der Waals surface area contributed by atoms with E-state index in [-0.39, 0.29) is 5.82 Å². The van der Waals surface area contributed by atoms with Crippen molar-refractivity contribution in [2.45, 2.75) is 39.0 Å². The van der Waals surface area contributed by atoms with Gasteiger partial charge in [-0.1, -0.05) is 54.6 Å². The summed E-state index contributed by atoms with van der Waals surface area (Å²) in [5.74, 6) is 1.17. The van der Waals surface area contributed by atoms with Crippen molar-refractivity contribution in [3.05, 3.63) is 95.3 Å². The van der Waals surface area contributed by atoms with Crippen LogP contribution in [0.2, 0.25) is 0 Å². The van der Waals surface area contributed by atoms with Crippen molar-refractivity contribution in [1.82, 2.24) is 5.32 Å². The first kappa shape index (κ1) is 20.9. The monoisotopic (exact) mass is 393 g/mol. The quantitative estimate of drug-likeness (QED) is 0.492. The lowest BCUT2D eigenvalue weighted by molar-refractivity contribution is 0.280. The van der Waals surface area contributed by atoms with Crippen molar-refractivity contribution < 1.29 is 13.9 Å². The Kier molecular flexibility index (Phi) is 7.65. The van der Waals surface area contributed by atoms with Crippen molar-refractivity contribution in [2.75, 3.05) is 7.11 Å². The summed E-state index contributed by atoms with van der Waals surface area (Å²) in [5, 5.41) is 3.58. The molecular weight excluding hydrogens is 365 g/mol. The zero-order valence-corrected chi connectivity index (χ0v) is 17.0. The maximum Gasteiger partial charge on any atom is 0.166 e. The van der Waals surface area contributed by atoms with Gasteiger partial charge in [-0.15, -0.1) is 0 Å². The maximum atomic E-state index is 13.1. The van der Waals surface area contributed by atoms with E-state index >= 15 is 0 Å². The summed E-state index contributed by atoms with van der Waals surface area (Å²) in [4.78, 5) is 0. The molecule has 152 valence electrons. The van der Waals surface area contributed by atoms with Crippen LogP contribution >= 0.6 is 0 Å². The van der Waals surface area contributed by atoms with Crippen molar-refractivity contribution in [3.63, 3.8) is 0 Å². The molecule has 0 saturated heterocycles. The van der Waals surface area contributed by atoms with E-state index in [1.165, 1.54) is 17.7 Å². The van der Waals surface area contributed by atoms with E-state index in [1.807, 2.05) is 24.3 Å². The Morgan fingerprint density at radius 2 is 1.66 bits per heavy atom. The Balaban J connectivity index is 1.60. The fourth-order valence-corrected chi connectivity index (χ4v) is 3.18. The molecular formula is C25H28FNO2. The van der Waals surface area contributed by atoms with Crippen molar-refractivity contribution >= 4 is 0 Å². The van der Waals surface area contributed by atoms with Gasteiger partial charge in [0.2, 0.25) is 0 Å². The molecule has 3 nitrogen and oxygen atoms in total. The van der Waals surface area contributed by atoms with E-state index in [4.69, 9.17) is 9.47 Å². The van der Waals surface area contributed by atoms with Crippen molar-refractivity contribution in [2.24, 2.45) is 0 Å². The minimum absolute atomic E-state index is 0.250. The van der Waals surface area contributed by atoms with E-state index in [2.05, 4.69) is 36.5 Å². The highest BCUT2D eigenvalue weighted by Gasteiger charge is 2.12. The molecule has 29 heavy (non-hydrogen) atoms. The molecule has 4 heteroatoms. The third-order valence-electron chi connectivity index (χ3n) is 4.93. The van der Waals surface area contributed by atoms with Gasteiger partial charge < -0.3 is 14.8 Å². The Bertz CT molecular complexity index is 881. The Morgan fingerprint density at radius 1 is 0.897 bits per heavy atom. The first-order valence-electron chi connectivity index (χ1n) is 9.96. The second-order valence-electron chi connectivity index (χ2n) is 7.17. The molecule has 1 atom stereocenters. The predicted molar refractivity (Wildman–Crippen MR) is 115 cm³/mol. The van der Waals surface area contributed by atoms with Gasteiger partial charge in [0.1, 0.15) is 12.4 Å². The van der Waals surface area contributed by atoms with Gasteiger partial charge in [-0.3, -0.25) is 0 Å². The molecule has 0 aliphatic carbocycles. The fourth-order valence-electron chi connectivity index (χ4n) is 3.18. The number of hydrogen-bond donors (Lipinski definition) is 1. The van der Waals surface area contributed by atoms with Crippen LogP contribution in [-0.2, 0) is 19.6 Å². The molecule has 0 heterocycles. The molecule has 3 aromatic rings. The van der Waals surface area contributed by atoms with Gasteiger partial charge in [0.25, 0.3) is 0 Å². The first-order chi connectivity index (χ1) is 14.2. The number of ether oxygens (including phenoxy) is 2. The summed E-state index contributed by atoms with van der Waals surface area (Å²) in [6.07, 6.45) is 2.10. The van der Waals surface area contributed by atoms with E-state index in [9.17, 15) is 4.39 Å². The number of aryl methyl sites for hydroxylation is 1. The van der Waals surface area contributed by atoms with Crippen LogP contribution in [0.5, 0.6) is 11.5 Å². The van der Waals surface area contributed by atoms with Gasteiger partial charge in [-0.2, -0.15) is 0 Å². The largest absolute Gasteiger partial charge is 0.493 e. The maximum absolute atomic E-state index is 13.1. The summed E-state index contributed by atoms with van der Waals surface area (Å²) in [6, 6.07) is 23.1. The Hall–Kier alpha value is -2.85. The summed E-state index contributed by atoms with van der Waals surface area (Å²) >= 11 is 0. The first-order valence-corrected chi connectivity index (χ1v) is 9.96. The highest BCUT2D eigenvalue weighted by molar-refractivity contribution is 5.46. The zero-order chi connectivity index (χ0) is 20.5. The number of nitrogens with one attached hydrogen (secondary N) is 1. The van der Waals surface area contributed by atoms with Crippen LogP contribution in [-0.4, -0.2) is 13.2 Å². The molecule has 1 N–H and O–H groups in total. The highest BCUT2D eigenvalue weighted by atomic mass is 19.1. The molecule has 3 rings (SSSR count). The molecule has 0 bridgehead atoms. The molecule has 0 aliphatic heterocycles. The molecule has 0 fully saturated rings. The molecule has 0 unspecified atom stereocenters. The molecule has 0 spiro atoms. The molecule has 0 amide bonds. The Morgan fingerprint density at radius 3 is 2.38 bits per heavy atom. The third kappa shape index (κ3) is 6.33. The molecule has 0 saturated carbocycles. The van der Waals surface area contributed by atoms with Crippen LogP contribution < -0.4 is 14.8 Å². The predicted octanol–water partition coefficient (Wildman–Crippen LogP) is 5.52. The van der Waals surface area contributed by atoms with Crippen LogP contribution in [0.4, 0.5) is 4.39 Å². The van der Waals surface area contributed by atoms with Gasteiger partial charge in [0.15, 0.2) is 11.5 Å². The Labute approximate surface area is 172 Å². The second-order valence-corrected chi connectivity index (χ2v) is 7.17. The van der Waals surface area contributed by atoms with Crippen LogP contribution in [0.1, 0.15) is 30.0 Å². The van der Waals surface area contributed by atoms with Gasteiger partial charge >= 0.3 is 0 Å². The summed E-state index contributed by atoms with van der Waals surface area (Å²) in [5.41, 5.74) is 3.30. The molecule has 0 radical (unpaired) electrons. The lowest BCUT2D eigenvalue weighted by atomic mass is 10.1. The smallest absolute Gasteiger partial charge is 0.166 e. The number of hydrogen-bond acceptors (Lipinski definition) is 3. The SMILES string of the molecule is COc1cccc(CN[C@H](C)CCc2ccccc2)c1OCc1ccc(F)cc1. The lowest BCUT2D eigenvalue weighted by Gasteiger charge is -2.18. The highest BCUT2D eigenvalue weighted by Crippen LogP contribution is 2.32. The minimum Gasteiger partial charge on any atom is -0.493 e. The van der Waals surface area contributed by atoms with Gasteiger partial charge in [-0.05, 0) is 49.1 Å². The minimum atomic E-state index is -0.250. The second kappa shape index (κ2) is 10.6. The standard InChI is InChI=1S/C25H28FNO2/c1-19(11-12-20-7-4-3-5-8-20)27-17-22-9-6-10-24(28-2)25(22)29-18-21-13-15-23(26)16-14-21/h3-10,13-16,19,27H,11-12,17-18H2,1-2H3/t19-/m1/s1. The molecule has 3 aromatic carbocycles. The van der Waals surface area contributed by atoms with E-state index < -0.39 is 0 Å². The number of halogens is 1. The number of para-hydroxylation sites is 1. The molecule has 0 aliphatic rings. The van der Waals surface area contributed by atoms with Gasteiger partial charge in [-0.25, -0.2) is 4.39 Å². The normalized spacial score (nSPS) is 11.8. The molecule has 0 aromatic heterocycles. The number of methoxy groups -OCH3 is 1. The zero-order valence-electron chi connectivity index (χ0n) is 17.0. The van der Waals surface area contributed by atoms with Crippen LogP contribution in [0, 0.1) is 5.82 Å². The van der Waals surface area contributed by atoms with Crippen LogP contribution in [0.3, 0.4) is 0 Å². The lowest BCUT2D eigenvalue weighted by Crippen LogP contribution is -2.26. The van der Waals surface area contributed by atoms with Crippen molar-refractivity contribution in [1.29, 1.82) is 0 Å². The van der Waals surface area contributed by atoms with Crippen LogP contribution in [0.25, 0.3) is 0 Å². The topological polar surface area (TPSA) is 30.5 Å². The van der Waals surface area contributed by atoms with E-state index in [0.717, 1.165) is 29.7 Å². The average molecular weight is 394 g/mol. The van der Waals surface area contributed by atoms with Gasteiger partial charge in [0.05, 0.1) is 7.11 Å². The third-order valence-corrected chi connectivity index (χ3v) is 4.93. The fraction of sp³-hybridized carbons (Fsp3) is 0.280. The van der Waals surface area contributed by atoms with E-state index in [1.54, 1.807) is 19.2 Å².